The van der Waals surface area contributed by atoms with Crippen molar-refractivity contribution in [3.8, 4) is 5.88 Å². The summed E-state index contributed by atoms with van der Waals surface area (Å²) < 4.78 is 50.4. The van der Waals surface area contributed by atoms with Gasteiger partial charge in [-0.3, -0.25) is 4.99 Å². The first-order valence-corrected chi connectivity index (χ1v) is 9.73. The van der Waals surface area contributed by atoms with E-state index < -0.39 is 17.8 Å². The van der Waals surface area contributed by atoms with Gasteiger partial charge in [0.1, 0.15) is 6.10 Å². The van der Waals surface area contributed by atoms with E-state index in [0.717, 1.165) is 17.7 Å². The number of rotatable bonds is 5. The predicted octanol–water partition coefficient (Wildman–Crippen LogP) is 3.65. The Kier molecular flexibility index (Phi) is 7.15. The topological polar surface area (TPSA) is 59.0 Å². The second-order valence-electron chi connectivity index (χ2n) is 6.73. The van der Waals surface area contributed by atoms with Crippen LogP contribution < -0.4 is 10.1 Å². The molecule has 1 aliphatic rings. The van der Waals surface area contributed by atoms with Gasteiger partial charge in [-0.25, -0.2) is 4.98 Å². The molecule has 0 saturated carbocycles. The Balaban J connectivity index is 1.68. The third-order valence-corrected chi connectivity index (χ3v) is 4.73. The van der Waals surface area contributed by atoms with Crippen molar-refractivity contribution in [2.24, 2.45) is 4.99 Å². The first-order valence-electron chi connectivity index (χ1n) is 9.73. The van der Waals surface area contributed by atoms with Gasteiger partial charge in [0.05, 0.1) is 25.3 Å². The Bertz CT molecular complexity index is 873. The van der Waals surface area contributed by atoms with E-state index in [1.807, 2.05) is 24.0 Å². The zero-order valence-corrected chi connectivity index (χ0v) is 16.9. The maximum absolute atomic E-state index is 13.0. The van der Waals surface area contributed by atoms with Crippen LogP contribution in [0.3, 0.4) is 0 Å². The number of pyridine rings is 1. The first-order chi connectivity index (χ1) is 14.4. The van der Waals surface area contributed by atoms with Gasteiger partial charge in [-0.15, -0.1) is 0 Å². The number of aromatic nitrogens is 1. The molecule has 1 unspecified atom stereocenters. The van der Waals surface area contributed by atoms with E-state index in [4.69, 9.17) is 9.47 Å². The third-order valence-electron chi connectivity index (χ3n) is 4.73. The van der Waals surface area contributed by atoms with Gasteiger partial charge < -0.3 is 19.7 Å². The summed E-state index contributed by atoms with van der Waals surface area (Å²) in [6, 6.07) is 9.03. The smallest absolute Gasteiger partial charge is 0.416 e. The molecule has 1 aliphatic heterocycles. The van der Waals surface area contributed by atoms with Crippen LogP contribution in [-0.2, 0) is 17.5 Å². The van der Waals surface area contributed by atoms with E-state index >= 15 is 0 Å². The van der Waals surface area contributed by atoms with E-state index in [9.17, 15) is 13.2 Å². The van der Waals surface area contributed by atoms with Crippen LogP contribution in [0.25, 0.3) is 0 Å². The number of hydrogen-bond donors (Lipinski definition) is 1. The van der Waals surface area contributed by atoms with Crippen molar-refractivity contribution in [1.82, 2.24) is 15.2 Å². The maximum Gasteiger partial charge on any atom is 0.416 e. The van der Waals surface area contributed by atoms with Crippen LogP contribution in [-0.4, -0.2) is 49.2 Å². The van der Waals surface area contributed by atoms with Crippen LogP contribution in [0.5, 0.6) is 5.88 Å². The molecule has 0 amide bonds. The molecule has 2 heterocycles. The summed E-state index contributed by atoms with van der Waals surface area (Å²) in [4.78, 5) is 10.5. The lowest BCUT2D eigenvalue weighted by Gasteiger charge is -2.35. The molecule has 0 aliphatic carbocycles. The first kappa shape index (κ1) is 21.9. The van der Waals surface area contributed by atoms with Crippen LogP contribution in [0.4, 0.5) is 13.2 Å². The zero-order valence-electron chi connectivity index (χ0n) is 16.9. The minimum atomic E-state index is -4.38. The van der Waals surface area contributed by atoms with E-state index in [1.165, 1.54) is 6.07 Å². The molecule has 0 bridgehead atoms. The molecule has 0 radical (unpaired) electrons. The summed E-state index contributed by atoms with van der Waals surface area (Å²) in [6.45, 7) is 4.24. The van der Waals surface area contributed by atoms with Crippen molar-refractivity contribution in [2.75, 3.05) is 33.4 Å². The minimum Gasteiger partial charge on any atom is -0.478 e. The van der Waals surface area contributed by atoms with Crippen LogP contribution in [0.1, 0.15) is 29.7 Å². The highest BCUT2D eigenvalue weighted by atomic mass is 19.4. The van der Waals surface area contributed by atoms with Gasteiger partial charge >= 0.3 is 6.18 Å². The van der Waals surface area contributed by atoms with Crippen molar-refractivity contribution >= 4 is 5.96 Å². The SMILES string of the molecule is CCOc1ncccc1CNC(=NC)N1CCOC(c2cccc(C(F)(F)F)c2)C1. The number of aliphatic imine (C=N–C) groups is 1. The molecule has 9 heteroatoms. The molecule has 0 spiro atoms. The highest BCUT2D eigenvalue weighted by molar-refractivity contribution is 5.80. The Morgan fingerprint density at radius 3 is 2.90 bits per heavy atom. The molecule has 30 heavy (non-hydrogen) atoms. The number of hydrogen-bond acceptors (Lipinski definition) is 4. The number of halogens is 3. The molecular formula is C21H25F3N4O2. The van der Waals surface area contributed by atoms with Crippen LogP contribution >= 0.6 is 0 Å². The summed E-state index contributed by atoms with van der Waals surface area (Å²) in [5.74, 6) is 1.20. The van der Waals surface area contributed by atoms with Crippen molar-refractivity contribution in [3.05, 3.63) is 59.3 Å². The van der Waals surface area contributed by atoms with E-state index in [-0.39, 0.29) is 0 Å². The number of guanidine groups is 1. The zero-order chi connectivity index (χ0) is 21.6. The molecule has 1 fully saturated rings. The van der Waals surface area contributed by atoms with Gasteiger partial charge in [-0.1, -0.05) is 18.2 Å². The molecule has 1 N–H and O–H groups in total. The van der Waals surface area contributed by atoms with Gasteiger partial charge in [-0.2, -0.15) is 13.2 Å². The lowest BCUT2D eigenvalue weighted by molar-refractivity contribution is -0.137. The van der Waals surface area contributed by atoms with Gasteiger partial charge in [0.25, 0.3) is 0 Å². The molecule has 1 atom stereocenters. The van der Waals surface area contributed by atoms with Crippen LogP contribution in [0.2, 0.25) is 0 Å². The van der Waals surface area contributed by atoms with Crippen LogP contribution in [0.15, 0.2) is 47.6 Å². The molecule has 162 valence electrons. The summed E-state index contributed by atoms with van der Waals surface area (Å²) in [5, 5.41) is 3.28. The average molecular weight is 422 g/mol. The summed E-state index contributed by atoms with van der Waals surface area (Å²) in [5.41, 5.74) is 0.710. The van der Waals surface area contributed by atoms with E-state index in [1.54, 1.807) is 19.3 Å². The number of ether oxygens (including phenoxy) is 2. The summed E-state index contributed by atoms with van der Waals surface area (Å²) in [6.07, 6.45) is -3.19. The van der Waals surface area contributed by atoms with Crippen LogP contribution in [0, 0.1) is 0 Å². The predicted molar refractivity (Wildman–Crippen MR) is 107 cm³/mol. The maximum atomic E-state index is 13.0. The molecule has 2 aromatic rings. The van der Waals surface area contributed by atoms with Gasteiger partial charge in [0, 0.05) is 31.9 Å². The van der Waals surface area contributed by atoms with E-state index in [2.05, 4.69) is 15.3 Å². The standard InChI is InChI=1S/C21H25F3N4O2/c1-3-29-19-16(7-5-9-26-19)13-27-20(25-2)28-10-11-30-18(14-28)15-6-4-8-17(12-15)21(22,23)24/h4-9,12,18H,3,10-11,13-14H2,1-2H3,(H,25,27). The Morgan fingerprint density at radius 2 is 2.17 bits per heavy atom. The molecule has 1 aromatic carbocycles. The quantitative estimate of drug-likeness (QED) is 0.589. The normalized spacial score (nSPS) is 17.7. The number of nitrogens with one attached hydrogen (secondary N) is 1. The minimum absolute atomic E-state index is 0.388. The van der Waals surface area contributed by atoms with Gasteiger partial charge in [0.15, 0.2) is 5.96 Å². The largest absolute Gasteiger partial charge is 0.478 e. The molecule has 3 rings (SSSR count). The third kappa shape index (κ3) is 5.41. The second-order valence-corrected chi connectivity index (χ2v) is 6.73. The summed E-state index contributed by atoms with van der Waals surface area (Å²) >= 11 is 0. The fourth-order valence-electron chi connectivity index (χ4n) is 3.29. The Hall–Kier alpha value is -2.81. The monoisotopic (exact) mass is 422 g/mol. The number of morpholine rings is 1. The van der Waals surface area contributed by atoms with Crippen molar-refractivity contribution in [2.45, 2.75) is 25.7 Å². The van der Waals surface area contributed by atoms with Crippen molar-refractivity contribution < 1.29 is 22.6 Å². The van der Waals surface area contributed by atoms with Crippen molar-refractivity contribution in [1.29, 1.82) is 0 Å². The molecular weight excluding hydrogens is 397 g/mol. The van der Waals surface area contributed by atoms with Gasteiger partial charge in [0.2, 0.25) is 5.88 Å². The molecule has 1 saturated heterocycles. The van der Waals surface area contributed by atoms with E-state index in [0.29, 0.717) is 50.3 Å². The molecule has 6 nitrogen and oxygen atoms in total. The van der Waals surface area contributed by atoms with Gasteiger partial charge in [-0.05, 0) is 30.7 Å². The highest BCUT2D eigenvalue weighted by Crippen LogP contribution is 2.32. The second kappa shape index (κ2) is 9.80. The highest BCUT2D eigenvalue weighted by Gasteiger charge is 2.32. The lowest BCUT2D eigenvalue weighted by atomic mass is 10.0. The lowest BCUT2D eigenvalue weighted by Crippen LogP contribution is -2.48. The average Bonchev–Trinajstić information content (AvgIpc) is 2.75. The summed E-state index contributed by atoms with van der Waals surface area (Å²) in [7, 11) is 1.67. The van der Waals surface area contributed by atoms with Crippen molar-refractivity contribution in [3.63, 3.8) is 0 Å². The fraction of sp³-hybridized carbons (Fsp3) is 0.429. The Morgan fingerprint density at radius 1 is 1.33 bits per heavy atom. The number of nitrogens with zero attached hydrogens (tertiary/aromatic N) is 3. The number of benzene rings is 1. The number of alkyl halides is 3. The molecule has 1 aromatic heterocycles. The Labute approximate surface area is 173 Å². The fourth-order valence-corrected chi connectivity index (χ4v) is 3.29.